The molecular weight excluding hydrogens is 274 g/mol. The third-order valence-corrected chi connectivity index (χ3v) is 3.42. The van der Waals surface area contributed by atoms with E-state index in [1.165, 1.54) is 12.3 Å². The summed E-state index contributed by atoms with van der Waals surface area (Å²) >= 11 is 7.51. The zero-order valence-corrected chi connectivity index (χ0v) is 11.8. The largest absolute Gasteiger partial charge is 0.387 e. The Hall–Kier alpha value is -0.980. The number of carbonyl (C=O) groups is 1. The summed E-state index contributed by atoms with van der Waals surface area (Å²) in [6.45, 7) is 2.04. The Morgan fingerprint density at radius 2 is 2.39 bits per heavy atom. The van der Waals surface area contributed by atoms with Crippen molar-refractivity contribution in [2.45, 2.75) is 12.5 Å². The van der Waals surface area contributed by atoms with Gasteiger partial charge in [0.15, 0.2) is 0 Å². The van der Waals surface area contributed by atoms with Gasteiger partial charge in [0, 0.05) is 18.5 Å². The first-order valence-corrected chi connectivity index (χ1v) is 7.03. The van der Waals surface area contributed by atoms with E-state index in [2.05, 4.69) is 10.3 Å². The number of pyridine rings is 1. The Bertz CT molecular complexity index is 440. The van der Waals surface area contributed by atoms with E-state index < -0.39 is 11.5 Å². The summed E-state index contributed by atoms with van der Waals surface area (Å²) < 4.78 is 0. The lowest BCUT2D eigenvalue weighted by molar-refractivity contribution is 0.0988. The Balaban J connectivity index is 2.71. The number of carbonyl (C=O) groups excluding carboxylic acids is 1. The molecule has 100 valence electrons. The number of hydrogen-bond acceptors (Lipinski definition) is 5. The van der Waals surface area contributed by atoms with E-state index in [1.54, 1.807) is 18.7 Å². The molecule has 1 aromatic rings. The quantitative estimate of drug-likeness (QED) is 0.736. The highest BCUT2D eigenvalue weighted by Gasteiger charge is 2.20. The number of thioether (sulfide) groups is 1. The molecule has 1 unspecified atom stereocenters. The lowest BCUT2D eigenvalue weighted by atomic mass is 10.1. The van der Waals surface area contributed by atoms with Crippen LogP contribution in [0.4, 0.5) is 5.82 Å². The maximum Gasteiger partial charge on any atom is 0.250 e. The van der Waals surface area contributed by atoms with E-state index in [9.17, 15) is 9.90 Å². The highest BCUT2D eigenvalue weighted by molar-refractivity contribution is 7.98. The summed E-state index contributed by atoms with van der Waals surface area (Å²) in [7, 11) is 0. The second-order valence-electron chi connectivity index (χ2n) is 4.20. The van der Waals surface area contributed by atoms with Crippen molar-refractivity contribution in [1.29, 1.82) is 0 Å². The van der Waals surface area contributed by atoms with Crippen molar-refractivity contribution in [3.8, 4) is 0 Å². The van der Waals surface area contributed by atoms with E-state index in [-0.39, 0.29) is 5.56 Å². The molecule has 1 atom stereocenters. The fourth-order valence-electron chi connectivity index (χ4n) is 1.34. The summed E-state index contributed by atoms with van der Waals surface area (Å²) in [6, 6.07) is 1.45. The van der Waals surface area contributed by atoms with E-state index >= 15 is 0 Å². The number of rotatable bonds is 6. The van der Waals surface area contributed by atoms with Gasteiger partial charge < -0.3 is 16.2 Å². The maximum atomic E-state index is 10.9. The summed E-state index contributed by atoms with van der Waals surface area (Å²) in [6.07, 6.45) is 3.27. The number of aromatic nitrogens is 1. The molecule has 0 radical (unpaired) electrons. The fourth-order valence-corrected chi connectivity index (χ4v) is 2.30. The maximum absolute atomic E-state index is 10.9. The molecular formula is C11H16ClN3O2S. The molecule has 0 spiro atoms. The van der Waals surface area contributed by atoms with E-state index in [1.807, 2.05) is 6.26 Å². The second-order valence-corrected chi connectivity index (χ2v) is 5.48. The van der Waals surface area contributed by atoms with Gasteiger partial charge in [-0.1, -0.05) is 11.6 Å². The molecule has 7 heteroatoms. The van der Waals surface area contributed by atoms with E-state index in [4.69, 9.17) is 17.3 Å². The van der Waals surface area contributed by atoms with Gasteiger partial charge in [0.2, 0.25) is 5.91 Å². The molecule has 0 aliphatic carbocycles. The number of primary amides is 1. The van der Waals surface area contributed by atoms with Crippen LogP contribution in [0.2, 0.25) is 5.02 Å². The summed E-state index contributed by atoms with van der Waals surface area (Å²) in [5.41, 5.74) is 4.51. The van der Waals surface area contributed by atoms with Gasteiger partial charge in [-0.3, -0.25) is 4.79 Å². The minimum atomic E-state index is -0.854. The predicted octanol–water partition coefficient (Wildman–Crippen LogP) is 1.36. The lowest BCUT2D eigenvalue weighted by Crippen LogP contribution is -2.36. The minimum Gasteiger partial charge on any atom is -0.387 e. The van der Waals surface area contributed by atoms with Gasteiger partial charge in [-0.25, -0.2) is 4.98 Å². The van der Waals surface area contributed by atoms with Gasteiger partial charge in [-0.15, -0.1) is 0 Å². The van der Waals surface area contributed by atoms with Crippen LogP contribution < -0.4 is 11.1 Å². The van der Waals surface area contributed by atoms with Crippen molar-refractivity contribution in [2.24, 2.45) is 5.73 Å². The Morgan fingerprint density at radius 1 is 1.72 bits per heavy atom. The van der Waals surface area contributed by atoms with Crippen LogP contribution in [0.15, 0.2) is 12.3 Å². The first kappa shape index (κ1) is 15.1. The van der Waals surface area contributed by atoms with Crippen molar-refractivity contribution >= 4 is 35.1 Å². The number of nitrogens with two attached hydrogens (primary N) is 1. The molecule has 5 nitrogen and oxygen atoms in total. The highest BCUT2D eigenvalue weighted by atomic mass is 35.5. The van der Waals surface area contributed by atoms with Gasteiger partial charge in [0.05, 0.1) is 16.2 Å². The van der Waals surface area contributed by atoms with Crippen molar-refractivity contribution in [3.05, 3.63) is 22.8 Å². The topological polar surface area (TPSA) is 88.2 Å². The summed E-state index contributed by atoms with van der Waals surface area (Å²) in [4.78, 5) is 14.9. The number of anilines is 1. The molecule has 0 bridgehead atoms. The smallest absolute Gasteiger partial charge is 0.250 e. The van der Waals surface area contributed by atoms with Crippen molar-refractivity contribution in [3.63, 3.8) is 0 Å². The Labute approximate surface area is 115 Å². The van der Waals surface area contributed by atoms with Gasteiger partial charge >= 0.3 is 0 Å². The zero-order valence-electron chi connectivity index (χ0n) is 10.2. The minimum absolute atomic E-state index is 0.251. The molecule has 1 heterocycles. The molecule has 0 fully saturated rings. The number of amides is 1. The monoisotopic (exact) mass is 289 g/mol. The average Bonchev–Trinajstić information content (AvgIpc) is 2.27. The van der Waals surface area contributed by atoms with Crippen LogP contribution in [-0.4, -0.2) is 40.2 Å². The Kier molecular flexibility index (Phi) is 5.25. The fraction of sp³-hybridized carbons (Fsp3) is 0.455. The lowest BCUT2D eigenvalue weighted by Gasteiger charge is -2.23. The van der Waals surface area contributed by atoms with Crippen LogP contribution in [0.3, 0.4) is 0 Å². The van der Waals surface area contributed by atoms with Crippen LogP contribution in [-0.2, 0) is 0 Å². The molecule has 1 aromatic heterocycles. The first-order valence-electron chi connectivity index (χ1n) is 5.26. The summed E-state index contributed by atoms with van der Waals surface area (Å²) in [5, 5.41) is 13.2. The summed E-state index contributed by atoms with van der Waals surface area (Å²) in [5.74, 6) is 0.435. The van der Waals surface area contributed by atoms with Crippen LogP contribution in [0, 0.1) is 0 Å². The number of nitrogens with one attached hydrogen (secondary N) is 1. The number of aliphatic hydroxyl groups is 1. The highest BCUT2D eigenvalue weighted by Crippen LogP contribution is 2.21. The average molecular weight is 290 g/mol. The molecule has 0 aliphatic rings. The molecule has 0 saturated carbocycles. The molecule has 0 aromatic carbocycles. The third-order valence-electron chi connectivity index (χ3n) is 2.22. The van der Waals surface area contributed by atoms with Crippen LogP contribution in [0.5, 0.6) is 0 Å². The standard InChI is InChI=1S/C11H16ClN3O2S/c1-11(17,6-18-2)5-15-10-8(12)3-7(4-14-10)9(13)16/h3-4,17H,5-6H2,1-2H3,(H2,13,16)(H,14,15). The van der Waals surface area contributed by atoms with Gasteiger partial charge in [0.1, 0.15) is 5.82 Å². The zero-order chi connectivity index (χ0) is 13.8. The Morgan fingerprint density at radius 3 is 2.89 bits per heavy atom. The van der Waals surface area contributed by atoms with Crippen molar-refractivity contribution < 1.29 is 9.90 Å². The SMILES string of the molecule is CSCC(C)(O)CNc1ncc(C(N)=O)cc1Cl. The van der Waals surface area contributed by atoms with Gasteiger partial charge in [-0.05, 0) is 19.2 Å². The van der Waals surface area contributed by atoms with Crippen molar-refractivity contribution in [2.75, 3.05) is 23.9 Å². The molecule has 0 saturated heterocycles. The second kappa shape index (κ2) is 6.26. The van der Waals surface area contributed by atoms with E-state index in [0.29, 0.717) is 23.1 Å². The van der Waals surface area contributed by atoms with Gasteiger partial charge in [-0.2, -0.15) is 11.8 Å². The van der Waals surface area contributed by atoms with E-state index in [0.717, 1.165) is 0 Å². The third kappa shape index (κ3) is 4.36. The molecule has 1 amide bonds. The molecule has 1 rings (SSSR count). The number of nitrogens with zero attached hydrogens (tertiary/aromatic N) is 1. The molecule has 4 N–H and O–H groups in total. The normalized spacial score (nSPS) is 14.0. The molecule has 18 heavy (non-hydrogen) atoms. The number of halogens is 1. The number of hydrogen-bond donors (Lipinski definition) is 3. The van der Waals surface area contributed by atoms with Gasteiger partial charge in [0.25, 0.3) is 0 Å². The first-order chi connectivity index (χ1) is 8.35. The predicted molar refractivity (Wildman–Crippen MR) is 75.3 cm³/mol. The van der Waals surface area contributed by atoms with Crippen LogP contribution in [0.1, 0.15) is 17.3 Å². The van der Waals surface area contributed by atoms with Crippen LogP contribution in [0.25, 0.3) is 0 Å². The van der Waals surface area contributed by atoms with Crippen molar-refractivity contribution in [1.82, 2.24) is 4.98 Å². The van der Waals surface area contributed by atoms with Crippen LogP contribution >= 0.6 is 23.4 Å². The molecule has 0 aliphatic heterocycles.